The van der Waals surface area contributed by atoms with Crippen molar-refractivity contribution < 1.29 is 13.6 Å². The molecule has 0 aromatic carbocycles. The molecule has 2 aromatic heterocycles. The van der Waals surface area contributed by atoms with Gasteiger partial charge in [-0.25, -0.2) is 0 Å². The van der Waals surface area contributed by atoms with Crippen LogP contribution < -0.4 is 0 Å². The smallest absolute Gasteiger partial charge is 0.245 e. The van der Waals surface area contributed by atoms with Crippen molar-refractivity contribution in [2.24, 2.45) is 5.92 Å². The van der Waals surface area contributed by atoms with Gasteiger partial charge in [0.25, 0.3) is 0 Å². The standard InChI is InChI=1S/C17H21N3O3/c1-2-13(21-7-1)9-20-6-5-12-8-14(22-15(12)10-20)17-19-18-16(23-17)11-3-4-11/h1-2,7,11-12,14-15H,3-6,8-10H2/t12-,14-,15+/m1/s1. The third-order valence-electron chi connectivity index (χ3n) is 5.25. The molecule has 4 heterocycles. The molecular formula is C17H21N3O3. The van der Waals surface area contributed by atoms with E-state index in [9.17, 15) is 0 Å². The van der Waals surface area contributed by atoms with Crippen LogP contribution in [-0.4, -0.2) is 34.3 Å². The number of aromatic nitrogens is 2. The SMILES string of the molecule is c1coc(CN2CC[C@@H]3C[C@H](c4nnc(C5CC5)o4)O[C@H]3C2)c1. The second-order valence-corrected chi connectivity index (χ2v) is 7.01. The molecule has 3 atom stereocenters. The molecule has 5 rings (SSSR count). The molecule has 0 amide bonds. The first-order chi connectivity index (χ1) is 11.3. The second-order valence-electron chi connectivity index (χ2n) is 7.01. The summed E-state index contributed by atoms with van der Waals surface area (Å²) in [6.07, 6.45) is 6.50. The normalized spacial score (nSPS) is 31.4. The van der Waals surface area contributed by atoms with Crippen molar-refractivity contribution in [1.82, 2.24) is 15.1 Å². The van der Waals surface area contributed by atoms with Crippen molar-refractivity contribution in [2.45, 2.75) is 50.4 Å². The van der Waals surface area contributed by atoms with Crippen LogP contribution in [0.5, 0.6) is 0 Å². The Morgan fingerprint density at radius 3 is 2.91 bits per heavy atom. The van der Waals surface area contributed by atoms with Crippen LogP contribution in [0.2, 0.25) is 0 Å². The van der Waals surface area contributed by atoms with Crippen molar-refractivity contribution in [3.05, 3.63) is 35.9 Å². The summed E-state index contributed by atoms with van der Waals surface area (Å²) < 4.78 is 17.5. The minimum Gasteiger partial charge on any atom is -0.468 e. The summed E-state index contributed by atoms with van der Waals surface area (Å²) in [5.41, 5.74) is 0. The zero-order valence-electron chi connectivity index (χ0n) is 13.1. The molecule has 0 bridgehead atoms. The molecule has 6 heteroatoms. The van der Waals surface area contributed by atoms with Crippen LogP contribution in [0.3, 0.4) is 0 Å². The zero-order valence-corrected chi connectivity index (χ0v) is 13.1. The Bertz CT molecular complexity index is 664. The molecule has 0 spiro atoms. The van der Waals surface area contributed by atoms with Crippen LogP contribution >= 0.6 is 0 Å². The van der Waals surface area contributed by atoms with E-state index in [1.54, 1.807) is 6.26 Å². The van der Waals surface area contributed by atoms with Gasteiger partial charge in [0.05, 0.1) is 18.9 Å². The Morgan fingerprint density at radius 1 is 1.17 bits per heavy atom. The van der Waals surface area contributed by atoms with Gasteiger partial charge in [-0.1, -0.05) is 0 Å². The molecule has 2 aromatic rings. The molecule has 2 saturated heterocycles. The topological polar surface area (TPSA) is 64.5 Å². The van der Waals surface area contributed by atoms with Crippen molar-refractivity contribution in [3.8, 4) is 0 Å². The number of rotatable bonds is 4. The van der Waals surface area contributed by atoms with Crippen molar-refractivity contribution in [1.29, 1.82) is 0 Å². The molecule has 0 N–H and O–H groups in total. The highest BCUT2D eigenvalue weighted by Crippen LogP contribution is 2.43. The third kappa shape index (κ3) is 2.70. The van der Waals surface area contributed by atoms with Crippen LogP contribution in [0, 0.1) is 5.92 Å². The van der Waals surface area contributed by atoms with Gasteiger partial charge in [-0.3, -0.25) is 4.90 Å². The van der Waals surface area contributed by atoms with Gasteiger partial charge in [-0.05, 0) is 50.3 Å². The zero-order chi connectivity index (χ0) is 15.2. The van der Waals surface area contributed by atoms with E-state index in [2.05, 4.69) is 15.1 Å². The molecule has 1 aliphatic carbocycles. The van der Waals surface area contributed by atoms with E-state index in [1.807, 2.05) is 12.1 Å². The average Bonchev–Trinajstić information content (AvgIpc) is 2.99. The van der Waals surface area contributed by atoms with Crippen LogP contribution in [0.25, 0.3) is 0 Å². The molecule has 1 saturated carbocycles. The van der Waals surface area contributed by atoms with Gasteiger partial charge in [0, 0.05) is 12.5 Å². The van der Waals surface area contributed by atoms with E-state index in [0.717, 1.165) is 44.1 Å². The molecule has 6 nitrogen and oxygen atoms in total. The maximum atomic E-state index is 6.25. The Kier molecular flexibility index (Phi) is 3.26. The number of fused-ring (bicyclic) bond motifs is 1. The number of hydrogen-bond donors (Lipinski definition) is 0. The number of likely N-dealkylation sites (tertiary alicyclic amines) is 1. The lowest BCUT2D eigenvalue weighted by Crippen LogP contribution is -2.41. The molecule has 122 valence electrons. The quantitative estimate of drug-likeness (QED) is 0.864. The van der Waals surface area contributed by atoms with Gasteiger partial charge in [0.1, 0.15) is 11.9 Å². The predicted molar refractivity (Wildman–Crippen MR) is 80.6 cm³/mol. The number of piperidine rings is 1. The first-order valence-corrected chi connectivity index (χ1v) is 8.58. The maximum absolute atomic E-state index is 6.25. The van der Waals surface area contributed by atoms with Crippen LogP contribution in [-0.2, 0) is 11.3 Å². The number of ether oxygens (including phenoxy) is 1. The van der Waals surface area contributed by atoms with E-state index in [0.29, 0.717) is 17.7 Å². The second kappa shape index (κ2) is 5.46. The Labute approximate surface area is 134 Å². The molecular weight excluding hydrogens is 294 g/mol. The third-order valence-corrected chi connectivity index (χ3v) is 5.25. The van der Waals surface area contributed by atoms with Crippen LogP contribution in [0.4, 0.5) is 0 Å². The van der Waals surface area contributed by atoms with Gasteiger partial charge in [0.15, 0.2) is 0 Å². The van der Waals surface area contributed by atoms with E-state index < -0.39 is 0 Å². The lowest BCUT2D eigenvalue weighted by atomic mass is 9.92. The molecule has 3 fully saturated rings. The van der Waals surface area contributed by atoms with Crippen molar-refractivity contribution >= 4 is 0 Å². The van der Waals surface area contributed by atoms with E-state index >= 15 is 0 Å². The highest BCUT2D eigenvalue weighted by atomic mass is 16.5. The summed E-state index contributed by atoms with van der Waals surface area (Å²) in [4.78, 5) is 2.41. The van der Waals surface area contributed by atoms with Gasteiger partial charge in [0.2, 0.25) is 11.8 Å². The first-order valence-electron chi connectivity index (χ1n) is 8.58. The fourth-order valence-corrected chi connectivity index (χ4v) is 3.79. The summed E-state index contributed by atoms with van der Waals surface area (Å²) in [7, 11) is 0. The summed E-state index contributed by atoms with van der Waals surface area (Å²) >= 11 is 0. The van der Waals surface area contributed by atoms with Gasteiger partial charge >= 0.3 is 0 Å². The fourth-order valence-electron chi connectivity index (χ4n) is 3.79. The van der Waals surface area contributed by atoms with E-state index in [4.69, 9.17) is 13.6 Å². The number of hydrogen-bond acceptors (Lipinski definition) is 6. The lowest BCUT2D eigenvalue weighted by Gasteiger charge is -2.33. The predicted octanol–water partition coefficient (Wildman–Crippen LogP) is 2.89. The molecule has 2 aliphatic heterocycles. The van der Waals surface area contributed by atoms with E-state index in [-0.39, 0.29) is 12.2 Å². The monoisotopic (exact) mass is 315 g/mol. The van der Waals surface area contributed by atoms with Gasteiger partial charge in [-0.2, -0.15) is 0 Å². The molecule has 0 unspecified atom stereocenters. The molecule has 23 heavy (non-hydrogen) atoms. The summed E-state index contributed by atoms with van der Waals surface area (Å²) in [5.74, 6) is 3.61. The fraction of sp³-hybridized carbons (Fsp3) is 0.647. The lowest BCUT2D eigenvalue weighted by molar-refractivity contribution is -0.0189. The van der Waals surface area contributed by atoms with Gasteiger partial charge < -0.3 is 13.6 Å². The highest BCUT2D eigenvalue weighted by Gasteiger charge is 2.42. The van der Waals surface area contributed by atoms with Crippen molar-refractivity contribution in [2.75, 3.05) is 13.1 Å². The average molecular weight is 315 g/mol. The Balaban J connectivity index is 1.23. The Hall–Kier alpha value is -1.66. The molecule has 3 aliphatic rings. The number of furan rings is 1. The summed E-state index contributed by atoms with van der Waals surface area (Å²) in [6.45, 7) is 2.90. The van der Waals surface area contributed by atoms with Crippen molar-refractivity contribution in [3.63, 3.8) is 0 Å². The minimum atomic E-state index is -0.0198. The van der Waals surface area contributed by atoms with Crippen LogP contribution in [0.15, 0.2) is 27.2 Å². The maximum Gasteiger partial charge on any atom is 0.245 e. The highest BCUT2D eigenvalue weighted by molar-refractivity contribution is 5.03. The first kappa shape index (κ1) is 13.7. The minimum absolute atomic E-state index is 0.0198. The summed E-state index contributed by atoms with van der Waals surface area (Å²) in [6, 6.07) is 3.97. The molecule has 0 radical (unpaired) electrons. The van der Waals surface area contributed by atoms with Gasteiger partial charge in [-0.15, -0.1) is 10.2 Å². The van der Waals surface area contributed by atoms with E-state index in [1.165, 1.54) is 12.8 Å². The van der Waals surface area contributed by atoms with Crippen LogP contribution in [0.1, 0.15) is 55.2 Å². The summed E-state index contributed by atoms with van der Waals surface area (Å²) in [5, 5.41) is 8.41. The number of nitrogens with zero attached hydrogens (tertiary/aromatic N) is 3. The Morgan fingerprint density at radius 2 is 2.09 bits per heavy atom. The largest absolute Gasteiger partial charge is 0.468 e.